The maximum Gasteiger partial charge on any atom is 0.138 e. The van der Waals surface area contributed by atoms with Gasteiger partial charge in [0.05, 0.1) is 25.5 Å². The predicted octanol–water partition coefficient (Wildman–Crippen LogP) is 2.05. The van der Waals surface area contributed by atoms with Crippen LogP contribution in [0.25, 0.3) is 0 Å². The zero-order valence-corrected chi connectivity index (χ0v) is 16.2. The molecule has 0 bridgehead atoms. The first-order valence-corrected chi connectivity index (χ1v) is 9.48. The van der Waals surface area contributed by atoms with Gasteiger partial charge in [-0.1, -0.05) is 18.2 Å². The first-order valence-electron chi connectivity index (χ1n) is 9.48. The number of para-hydroxylation sites is 1. The Morgan fingerprint density at radius 1 is 1.32 bits per heavy atom. The number of hydrazone groups is 1. The number of ether oxygens (including phenoxy) is 2. The zero-order valence-electron chi connectivity index (χ0n) is 16.2. The number of nitrogens with zero attached hydrogens (tertiary/aromatic N) is 3. The van der Waals surface area contributed by atoms with Gasteiger partial charge in [0.2, 0.25) is 0 Å². The van der Waals surface area contributed by atoms with Gasteiger partial charge in [-0.3, -0.25) is 0 Å². The molecule has 0 unspecified atom stereocenters. The van der Waals surface area contributed by atoms with Crippen LogP contribution in [0.2, 0.25) is 0 Å². The standard InChI is InChI=1S/C20H28N6O2/c1-27-18-5-3-2-4-15(18)8-11-28-20(21)9-6-17(7-10-20)26-19-16(13-25-22)12-23-14-24-19/h2-5,12-14,17H,6-11,21-22H2,1H3,(H,23,24,26)/b25-13-. The summed E-state index contributed by atoms with van der Waals surface area (Å²) < 4.78 is 11.5. The molecule has 8 heteroatoms. The molecule has 0 spiro atoms. The largest absolute Gasteiger partial charge is 0.496 e. The van der Waals surface area contributed by atoms with Gasteiger partial charge < -0.3 is 26.4 Å². The normalized spacial score (nSPS) is 22.3. The van der Waals surface area contributed by atoms with Crippen molar-refractivity contribution in [3.63, 3.8) is 0 Å². The van der Waals surface area contributed by atoms with Gasteiger partial charge in [-0.25, -0.2) is 9.97 Å². The van der Waals surface area contributed by atoms with Crippen molar-refractivity contribution in [1.29, 1.82) is 0 Å². The van der Waals surface area contributed by atoms with Crippen molar-refractivity contribution in [3.05, 3.63) is 47.9 Å². The Labute approximate surface area is 165 Å². The van der Waals surface area contributed by atoms with E-state index in [-0.39, 0.29) is 6.04 Å². The Morgan fingerprint density at radius 2 is 2.11 bits per heavy atom. The third-order valence-electron chi connectivity index (χ3n) is 5.08. The van der Waals surface area contributed by atoms with Crippen molar-refractivity contribution in [2.75, 3.05) is 19.0 Å². The monoisotopic (exact) mass is 384 g/mol. The fraction of sp³-hybridized carbons (Fsp3) is 0.450. The summed E-state index contributed by atoms with van der Waals surface area (Å²) in [5.41, 5.74) is 7.79. The van der Waals surface area contributed by atoms with Crippen LogP contribution in [-0.2, 0) is 11.2 Å². The lowest BCUT2D eigenvalue weighted by atomic mass is 9.88. The first kappa shape index (κ1) is 20.0. The quantitative estimate of drug-likeness (QED) is 0.276. The molecule has 8 nitrogen and oxygen atoms in total. The molecule has 0 saturated heterocycles. The van der Waals surface area contributed by atoms with Gasteiger partial charge in [-0.15, -0.1) is 0 Å². The number of rotatable bonds is 8. The molecule has 2 aromatic rings. The van der Waals surface area contributed by atoms with Crippen LogP contribution in [-0.4, -0.2) is 41.7 Å². The lowest BCUT2D eigenvalue weighted by Gasteiger charge is -2.37. The molecule has 28 heavy (non-hydrogen) atoms. The Bertz CT molecular complexity index is 790. The van der Waals surface area contributed by atoms with E-state index in [0.29, 0.717) is 6.61 Å². The smallest absolute Gasteiger partial charge is 0.138 e. The maximum atomic E-state index is 6.48. The first-order chi connectivity index (χ1) is 13.6. The van der Waals surface area contributed by atoms with Crippen molar-refractivity contribution < 1.29 is 9.47 Å². The van der Waals surface area contributed by atoms with Gasteiger partial charge in [0.15, 0.2) is 0 Å². The van der Waals surface area contributed by atoms with E-state index in [4.69, 9.17) is 21.1 Å². The van der Waals surface area contributed by atoms with E-state index in [1.54, 1.807) is 19.5 Å². The lowest BCUT2D eigenvalue weighted by molar-refractivity contribution is -0.0660. The fourth-order valence-corrected chi connectivity index (χ4v) is 3.50. The number of hydrogen-bond donors (Lipinski definition) is 3. The van der Waals surface area contributed by atoms with Gasteiger partial charge in [0.1, 0.15) is 23.6 Å². The number of nitrogens with one attached hydrogen (secondary N) is 1. The molecule has 1 aliphatic carbocycles. The average molecular weight is 384 g/mol. The van der Waals surface area contributed by atoms with Gasteiger partial charge in [0.25, 0.3) is 0 Å². The Hall–Kier alpha value is -2.71. The number of anilines is 1. The summed E-state index contributed by atoms with van der Waals surface area (Å²) in [6.07, 6.45) is 8.86. The highest BCUT2D eigenvalue weighted by Crippen LogP contribution is 2.30. The van der Waals surface area contributed by atoms with Crippen LogP contribution < -0.4 is 21.6 Å². The van der Waals surface area contributed by atoms with Crippen LogP contribution in [0.1, 0.15) is 36.8 Å². The van der Waals surface area contributed by atoms with Crippen molar-refractivity contribution in [3.8, 4) is 5.75 Å². The van der Waals surface area contributed by atoms with Gasteiger partial charge in [-0.2, -0.15) is 5.10 Å². The summed E-state index contributed by atoms with van der Waals surface area (Å²) in [5.74, 6) is 6.86. The molecule has 5 N–H and O–H groups in total. The summed E-state index contributed by atoms with van der Waals surface area (Å²) >= 11 is 0. The zero-order chi connectivity index (χ0) is 19.8. The molecule has 1 aliphatic rings. The van der Waals surface area contributed by atoms with Crippen LogP contribution >= 0.6 is 0 Å². The van der Waals surface area contributed by atoms with E-state index in [1.807, 2.05) is 18.2 Å². The maximum absolute atomic E-state index is 6.48. The van der Waals surface area contributed by atoms with Crippen LogP contribution in [0.15, 0.2) is 41.9 Å². The second kappa shape index (κ2) is 9.48. The molecule has 0 radical (unpaired) electrons. The van der Waals surface area contributed by atoms with E-state index in [2.05, 4.69) is 26.5 Å². The molecule has 150 valence electrons. The summed E-state index contributed by atoms with van der Waals surface area (Å²) in [4.78, 5) is 8.29. The summed E-state index contributed by atoms with van der Waals surface area (Å²) in [7, 11) is 1.68. The molecular weight excluding hydrogens is 356 g/mol. The summed E-state index contributed by atoms with van der Waals surface area (Å²) in [6.45, 7) is 0.567. The third kappa shape index (κ3) is 5.17. The van der Waals surface area contributed by atoms with Crippen molar-refractivity contribution in [2.45, 2.75) is 43.9 Å². The number of methoxy groups -OCH3 is 1. The minimum atomic E-state index is -0.590. The topological polar surface area (TPSA) is 121 Å². The summed E-state index contributed by atoms with van der Waals surface area (Å²) in [5, 5.41) is 7.00. The average Bonchev–Trinajstić information content (AvgIpc) is 2.72. The highest BCUT2D eigenvalue weighted by molar-refractivity contribution is 5.85. The Morgan fingerprint density at radius 3 is 2.86 bits per heavy atom. The molecule has 0 atom stereocenters. The predicted molar refractivity (Wildman–Crippen MR) is 109 cm³/mol. The van der Waals surface area contributed by atoms with Crippen LogP contribution in [0, 0.1) is 0 Å². The fourth-order valence-electron chi connectivity index (χ4n) is 3.50. The molecule has 0 aliphatic heterocycles. The second-order valence-electron chi connectivity index (χ2n) is 7.00. The lowest BCUT2D eigenvalue weighted by Crippen LogP contribution is -2.48. The third-order valence-corrected chi connectivity index (χ3v) is 5.08. The molecular formula is C20H28N6O2. The molecule has 3 rings (SSSR count). The van der Waals surface area contributed by atoms with Crippen LogP contribution in [0.5, 0.6) is 5.75 Å². The number of aromatic nitrogens is 2. The number of nitrogens with two attached hydrogens (primary N) is 2. The Kier molecular flexibility index (Phi) is 6.78. The van der Waals surface area contributed by atoms with E-state index in [0.717, 1.165) is 54.8 Å². The van der Waals surface area contributed by atoms with Crippen molar-refractivity contribution >= 4 is 12.0 Å². The van der Waals surface area contributed by atoms with Crippen LogP contribution in [0.4, 0.5) is 5.82 Å². The van der Waals surface area contributed by atoms with Crippen molar-refractivity contribution in [2.24, 2.45) is 16.7 Å². The highest BCUT2D eigenvalue weighted by Gasteiger charge is 2.32. The number of benzene rings is 1. The van der Waals surface area contributed by atoms with E-state index in [9.17, 15) is 0 Å². The Balaban J connectivity index is 1.49. The van der Waals surface area contributed by atoms with Crippen molar-refractivity contribution in [1.82, 2.24) is 9.97 Å². The van der Waals surface area contributed by atoms with Gasteiger partial charge in [-0.05, 0) is 43.7 Å². The van der Waals surface area contributed by atoms with E-state index >= 15 is 0 Å². The molecule has 1 saturated carbocycles. The molecule has 1 aromatic carbocycles. The molecule has 0 amide bonds. The summed E-state index contributed by atoms with van der Waals surface area (Å²) in [6, 6.07) is 8.25. The van der Waals surface area contributed by atoms with E-state index < -0.39 is 5.72 Å². The highest BCUT2D eigenvalue weighted by atomic mass is 16.5. The van der Waals surface area contributed by atoms with E-state index in [1.165, 1.54) is 6.33 Å². The number of hydrogen-bond acceptors (Lipinski definition) is 8. The van der Waals surface area contributed by atoms with Gasteiger partial charge in [0, 0.05) is 12.2 Å². The minimum Gasteiger partial charge on any atom is -0.496 e. The van der Waals surface area contributed by atoms with Gasteiger partial charge >= 0.3 is 0 Å². The second-order valence-corrected chi connectivity index (χ2v) is 7.00. The molecule has 1 aromatic heterocycles. The molecule has 1 heterocycles. The SMILES string of the molecule is COc1ccccc1CCOC1(N)CCC(Nc2ncncc2/C=N\N)CC1. The minimum absolute atomic E-state index is 0.273. The van der Waals surface area contributed by atoms with Crippen LogP contribution in [0.3, 0.4) is 0 Å². The molecule has 1 fully saturated rings.